The van der Waals surface area contributed by atoms with Gasteiger partial charge in [0.25, 0.3) is 0 Å². The summed E-state index contributed by atoms with van der Waals surface area (Å²) in [5.41, 5.74) is 3.56. The number of carboxylic acids is 1. The zero-order chi connectivity index (χ0) is 24.1. The number of carbonyl (C=O) groups is 1. The predicted molar refractivity (Wildman–Crippen MR) is 111 cm³/mol. The topological polar surface area (TPSA) is 88.5 Å². The molecule has 0 aromatic heterocycles. The number of rotatable bonds is 5. The Morgan fingerprint density at radius 2 is 1.66 bits per heavy atom. The molecule has 0 bridgehead atoms. The fraction of sp³-hybridized carbons (Fsp3) is 0.409. The van der Waals surface area contributed by atoms with Crippen LogP contribution in [0.25, 0.3) is 0 Å². The number of methoxy groups -OCH3 is 3. The number of aromatic hydroxyl groups is 1. The molecule has 0 fully saturated rings. The van der Waals surface area contributed by atoms with Gasteiger partial charge in [-0.15, -0.1) is 0 Å². The van der Waals surface area contributed by atoms with E-state index in [4.69, 9.17) is 24.1 Å². The molecule has 176 valence electrons. The lowest BCUT2D eigenvalue weighted by molar-refractivity contribution is -0.192. The molecule has 1 atom stereocenters. The van der Waals surface area contributed by atoms with Crippen molar-refractivity contribution in [1.82, 2.24) is 4.90 Å². The molecular formula is C22H26F3NO6. The zero-order valence-corrected chi connectivity index (χ0v) is 18.2. The van der Waals surface area contributed by atoms with Gasteiger partial charge in [-0.3, -0.25) is 4.90 Å². The third-order valence-corrected chi connectivity index (χ3v) is 5.19. The van der Waals surface area contributed by atoms with Crippen LogP contribution in [0.3, 0.4) is 0 Å². The SMILES string of the molecule is COc1cc2c(cc1O)CCN(C)C2Cc1ccc(OC)c(OC)c1.O=C(O)C(F)(F)F. The fourth-order valence-electron chi connectivity index (χ4n) is 3.50. The van der Waals surface area contributed by atoms with Gasteiger partial charge in [0.2, 0.25) is 0 Å². The molecule has 32 heavy (non-hydrogen) atoms. The van der Waals surface area contributed by atoms with Crippen LogP contribution in [-0.4, -0.2) is 62.2 Å². The number of aliphatic carboxylic acids is 1. The number of ether oxygens (including phenoxy) is 3. The first kappa shape index (κ1) is 25.1. The van der Waals surface area contributed by atoms with E-state index < -0.39 is 12.1 Å². The summed E-state index contributed by atoms with van der Waals surface area (Å²) >= 11 is 0. The number of carboxylic acid groups (broad SMARTS) is 1. The summed E-state index contributed by atoms with van der Waals surface area (Å²) in [5.74, 6) is -0.563. The minimum atomic E-state index is -5.08. The van der Waals surface area contributed by atoms with E-state index in [1.165, 1.54) is 16.7 Å². The zero-order valence-electron chi connectivity index (χ0n) is 18.2. The van der Waals surface area contributed by atoms with Crippen molar-refractivity contribution in [2.75, 3.05) is 34.9 Å². The van der Waals surface area contributed by atoms with E-state index in [1.807, 2.05) is 24.3 Å². The highest BCUT2D eigenvalue weighted by atomic mass is 19.4. The molecule has 2 aromatic carbocycles. The lowest BCUT2D eigenvalue weighted by Gasteiger charge is -2.35. The molecular weight excluding hydrogens is 431 g/mol. The lowest BCUT2D eigenvalue weighted by atomic mass is 9.88. The molecule has 1 heterocycles. The molecule has 0 saturated heterocycles. The van der Waals surface area contributed by atoms with Crippen LogP contribution in [-0.2, 0) is 17.6 Å². The van der Waals surface area contributed by atoms with Crippen molar-refractivity contribution < 1.29 is 42.4 Å². The van der Waals surface area contributed by atoms with Crippen molar-refractivity contribution in [3.8, 4) is 23.0 Å². The molecule has 0 amide bonds. The number of halogens is 3. The maximum Gasteiger partial charge on any atom is 0.490 e. The number of hydrogen-bond acceptors (Lipinski definition) is 6. The molecule has 3 rings (SSSR count). The molecule has 1 aliphatic rings. The Bertz CT molecular complexity index is 948. The van der Waals surface area contributed by atoms with E-state index in [2.05, 4.69) is 18.0 Å². The Kier molecular flexibility index (Phi) is 8.20. The highest BCUT2D eigenvalue weighted by Crippen LogP contribution is 2.39. The number of phenols is 1. The number of hydrogen-bond donors (Lipinski definition) is 2. The van der Waals surface area contributed by atoms with Crippen molar-refractivity contribution in [1.29, 1.82) is 0 Å². The minimum Gasteiger partial charge on any atom is -0.504 e. The summed E-state index contributed by atoms with van der Waals surface area (Å²) < 4.78 is 47.8. The van der Waals surface area contributed by atoms with Gasteiger partial charge in [0.1, 0.15) is 0 Å². The van der Waals surface area contributed by atoms with E-state index >= 15 is 0 Å². The van der Waals surface area contributed by atoms with Crippen molar-refractivity contribution in [2.24, 2.45) is 0 Å². The number of benzene rings is 2. The third kappa shape index (κ3) is 5.97. The standard InChI is InChI=1S/C20H25NO4.C2HF3O2/c1-21-8-7-14-11-17(22)19(24-3)12-15(14)16(21)9-13-5-6-18(23-2)20(10-13)25-4;3-2(4,5)1(6)7/h5-6,10-12,16,22H,7-9H2,1-4H3;(H,6,7). The number of phenolic OH excluding ortho intramolecular Hbond substituents is 1. The third-order valence-electron chi connectivity index (χ3n) is 5.19. The summed E-state index contributed by atoms with van der Waals surface area (Å²) in [6, 6.07) is 10.1. The molecule has 2 N–H and O–H groups in total. The molecule has 0 saturated carbocycles. The van der Waals surface area contributed by atoms with E-state index in [1.54, 1.807) is 21.3 Å². The second-order valence-corrected chi connectivity index (χ2v) is 7.17. The van der Waals surface area contributed by atoms with Crippen LogP contribution in [0.2, 0.25) is 0 Å². The van der Waals surface area contributed by atoms with Crippen molar-refractivity contribution >= 4 is 5.97 Å². The molecule has 0 spiro atoms. The number of nitrogens with zero attached hydrogens (tertiary/aromatic N) is 1. The summed E-state index contributed by atoms with van der Waals surface area (Å²) in [5, 5.41) is 17.2. The Morgan fingerprint density at radius 3 is 2.19 bits per heavy atom. The summed E-state index contributed by atoms with van der Waals surface area (Å²) in [7, 11) is 7.00. The highest BCUT2D eigenvalue weighted by Gasteiger charge is 2.38. The second kappa shape index (κ2) is 10.4. The van der Waals surface area contributed by atoms with Crippen LogP contribution >= 0.6 is 0 Å². The average molecular weight is 457 g/mol. The predicted octanol–water partition coefficient (Wildman–Crippen LogP) is 3.82. The van der Waals surface area contributed by atoms with Crippen LogP contribution in [0.4, 0.5) is 13.2 Å². The Labute approximate surface area is 183 Å². The first-order valence-corrected chi connectivity index (χ1v) is 9.62. The lowest BCUT2D eigenvalue weighted by Crippen LogP contribution is -2.33. The Balaban J connectivity index is 0.000000451. The van der Waals surface area contributed by atoms with E-state index in [0.29, 0.717) is 5.75 Å². The van der Waals surface area contributed by atoms with Crippen LogP contribution in [0.1, 0.15) is 22.7 Å². The number of alkyl halides is 3. The normalized spacial score (nSPS) is 15.8. The minimum absolute atomic E-state index is 0.204. The first-order chi connectivity index (χ1) is 15.0. The van der Waals surface area contributed by atoms with Gasteiger partial charge in [-0.25, -0.2) is 4.79 Å². The van der Waals surface area contributed by atoms with Gasteiger partial charge in [0.15, 0.2) is 23.0 Å². The van der Waals surface area contributed by atoms with Crippen molar-refractivity contribution in [2.45, 2.75) is 25.1 Å². The molecule has 10 heteroatoms. The average Bonchev–Trinajstić information content (AvgIpc) is 2.75. The highest BCUT2D eigenvalue weighted by molar-refractivity contribution is 5.73. The summed E-state index contributed by atoms with van der Waals surface area (Å²) in [6.45, 7) is 0.955. The van der Waals surface area contributed by atoms with Crippen LogP contribution in [0.5, 0.6) is 23.0 Å². The van der Waals surface area contributed by atoms with E-state index in [-0.39, 0.29) is 11.8 Å². The summed E-state index contributed by atoms with van der Waals surface area (Å²) in [4.78, 5) is 11.2. The van der Waals surface area contributed by atoms with E-state index in [9.17, 15) is 18.3 Å². The molecule has 1 aliphatic heterocycles. The van der Waals surface area contributed by atoms with Gasteiger partial charge in [0.05, 0.1) is 21.3 Å². The van der Waals surface area contributed by atoms with Gasteiger partial charge in [-0.05, 0) is 60.8 Å². The van der Waals surface area contributed by atoms with Gasteiger partial charge in [-0.2, -0.15) is 13.2 Å². The maximum absolute atomic E-state index is 10.6. The number of likely N-dealkylation sites (N-methyl/N-ethyl adjacent to an activating group) is 1. The van der Waals surface area contributed by atoms with E-state index in [0.717, 1.165) is 30.9 Å². The van der Waals surface area contributed by atoms with Crippen molar-refractivity contribution in [3.63, 3.8) is 0 Å². The monoisotopic (exact) mass is 457 g/mol. The largest absolute Gasteiger partial charge is 0.504 e. The molecule has 1 unspecified atom stereocenters. The van der Waals surface area contributed by atoms with Gasteiger partial charge >= 0.3 is 12.1 Å². The molecule has 0 aliphatic carbocycles. The van der Waals surface area contributed by atoms with Gasteiger partial charge < -0.3 is 24.4 Å². The fourth-order valence-corrected chi connectivity index (χ4v) is 3.50. The van der Waals surface area contributed by atoms with Crippen LogP contribution in [0.15, 0.2) is 30.3 Å². The first-order valence-electron chi connectivity index (χ1n) is 9.62. The molecule has 7 nitrogen and oxygen atoms in total. The number of fused-ring (bicyclic) bond motifs is 1. The van der Waals surface area contributed by atoms with Crippen LogP contribution < -0.4 is 14.2 Å². The molecule has 2 aromatic rings. The smallest absolute Gasteiger partial charge is 0.490 e. The maximum atomic E-state index is 10.6. The molecule has 0 radical (unpaired) electrons. The second-order valence-electron chi connectivity index (χ2n) is 7.17. The van der Waals surface area contributed by atoms with Gasteiger partial charge in [0, 0.05) is 12.6 Å². The Morgan fingerprint density at radius 1 is 1.06 bits per heavy atom. The quantitative estimate of drug-likeness (QED) is 0.706. The van der Waals surface area contributed by atoms with Crippen LogP contribution in [0, 0.1) is 0 Å². The van der Waals surface area contributed by atoms with Crippen molar-refractivity contribution in [3.05, 3.63) is 47.0 Å². The Hall–Kier alpha value is -3.14. The summed E-state index contributed by atoms with van der Waals surface area (Å²) in [6.07, 6.45) is -3.32. The van der Waals surface area contributed by atoms with Gasteiger partial charge in [-0.1, -0.05) is 6.07 Å².